The molecule has 0 saturated carbocycles. The highest BCUT2D eigenvalue weighted by molar-refractivity contribution is 6.35. The number of hydrogen-bond donors (Lipinski definition) is 0. The normalized spacial score (nSPS) is 17.1. The maximum Gasteiger partial charge on any atom is 0.278 e. The van der Waals surface area contributed by atoms with E-state index in [9.17, 15) is 9.59 Å². The molecule has 4 rings (SSSR count). The minimum Gasteiger partial charge on any atom is -0.497 e. The molecule has 0 spiro atoms. The van der Waals surface area contributed by atoms with Crippen LogP contribution >= 0.6 is 0 Å². The molecule has 0 unspecified atom stereocenters. The first-order valence-corrected chi connectivity index (χ1v) is 10.9. The quantitative estimate of drug-likeness (QED) is 0.598. The standard InChI is InChI=1S/C25H29N3O5/c1-26-11-13-27(14-12-26)23-22(18-7-10-20(32-3)21(15-18)33-4)24(29)28(25(23)30)16-17-5-8-19(31-2)9-6-17/h5-10,15H,11-14,16H2,1-4H3. The molecule has 2 aromatic rings. The molecule has 0 radical (unpaired) electrons. The Morgan fingerprint density at radius 2 is 1.45 bits per heavy atom. The van der Waals surface area contributed by atoms with Crippen molar-refractivity contribution in [2.75, 3.05) is 54.6 Å². The zero-order valence-corrected chi connectivity index (χ0v) is 19.5. The van der Waals surface area contributed by atoms with Gasteiger partial charge in [-0.15, -0.1) is 0 Å². The van der Waals surface area contributed by atoms with Crippen molar-refractivity contribution in [1.29, 1.82) is 0 Å². The van der Waals surface area contributed by atoms with Crippen molar-refractivity contribution in [3.05, 3.63) is 59.3 Å². The number of rotatable bonds is 7. The number of likely N-dealkylation sites (N-methyl/N-ethyl adjacent to an activating group) is 1. The SMILES string of the molecule is COc1ccc(CN2C(=O)C(c3ccc(OC)c(OC)c3)=C(N3CCN(C)CC3)C2=O)cc1. The van der Waals surface area contributed by atoms with Crippen LogP contribution in [0.4, 0.5) is 0 Å². The summed E-state index contributed by atoms with van der Waals surface area (Å²) >= 11 is 0. The molecule has 0 N–H and O–H groups in total. The van der Waals surface area contributed by atoms with Crippen LogP contribution in [0.1, 0.15) is 11.1 Å². The molecule has 8 nitrogen and oxygen atoms in total. The number of ether oxygens (including phenoxy) is 3. The zero-order chi connectivity index (χ0) is 23.5. The van der Waals surface area contributed by atoms with Crippen LogP contribution in [0.15, 0.2) is 48.2 Å². The van der Waals surface area contributed by atoms with Gasteiger partial charge in [-0.2, -0.15) is 0 Å². The van der Waals surface area contributed by atoms with Gasteiger partial charge < -0.3 is 24.0 Å². The van der Waals surface area contributed by atoms with E-state index >= 15 is 0 Å². The van der Waals surface area contributed by atoms with Gasteiger partial charge in [0, 0.05) is 26.2 Å². The van der Waals surface area contributed by atoms with Crippen LogP contribution in [0.2, 0.25) is 0 Å². The third-order valence-electron chi connectivity index (χ3n) is 6.14. The van der Waals surface area contributed by atoms with Crippen molar-refractivity contribution in [1.82, 2.24) is 14.7 Å². The van der Waals surface area contributed by atoms with Gasteiger partial charge in [-0.3, -0.25) is 14.5 Å². The number of nitrogens with zero attached hydrogens (tertiary/aromatic N) is 3. The number of carbonyl (C=O) groups excluding carboxylic acids is 2. The maximum absolute atomic E-state index is 13.6. The molecule has 1 fully saturated rings. The summed E-state index contributed by atoms with van der Waals surface area (Å²) in [6.45, 7) is 3.19. The molecule has 1 saturated heterocycles. The molecule has 2 aliphatic rings. The summed E-state index contributed by atoms with van der Waals surface area (Å²) in [5, 5.41) is 0. The van der Waals surface area contributed by atoms with Crippen LogP contribution in [0.3, 0.4) is 0 Å². The molecule has 2 aromatic carbocycles. The minimum atomic E-state index is -0.308. The molecule has 0 atom stereocenters. The van der Waals surface area contributed by atoms with E-state index in [1.807, 2.05) is 29.2 Å². The van der Waals surface area contributed by atoms with Crippen molar-refractivity contribution in [2.45, 2.75) is 6.54 Å². The largest absolute Gasteiger partial charge is 0.497 e. The summed E-state index contributed by atoms with van der Waals surface area (Å²) in [5.74, 6) is 1.21. The molecular weight excluding hydrogens is 422 g/mol. The molecule has 33 heavy (non-hydrogen) atoms. The Kier molecular flexibility index (Phi) is 6.55. The van der Waals surface area contributed by atoms with Gasteiger partial charge in [-0.25, -0.2) is 0 Å². The Bertz CT molecular complexity index is 1070. The van der Waals surface area contributed by atoms with Crippen LogP contribution < -0.4 is 14.2 Å². The topological polar surface area (TPSA) is 71.6 Å². The highest BCUT2D eigenvalue weighted by atomic mass is 16.5. The zero-order valence-electron chi connectivity index (χ0n) is 19.5. The average Bonchev–Trinajstić information content (AvgIpc) is 3.09. The Morgan fingerprint density at radius 1 is 0.788 bits per heavy atom. The van der Waals surface area contributed by atoms with Gasteiger partial charge >= 0.3 is 0 Å². The van der Waals surface area contributed by atoms with Gasteiger partial charge in [0.2, 0.25) is 0 Å². The minimum absolute atomic E-state index is 0.190. The Hall–Kier alpha value is -3.52. The van der Waals surface area contributed by atoms with Crippen LogP contribution in [0.5, 0.6) is 17.2 Å². The summed E-state index contributed by atoms with van der Waals surface area (Å²) < 4.78 is 16.0. The fourth-order valence-electron chi connectivity index (χ4n) is 4.20. The number of benzene rings is 2. The van der Waals surface area contributed by atoms with Crippen molar-refractivity contribution in [2.24, 2.45) is 0 Å². The third kappa shape index (κ3) is 4.39. The van der Waals surface area contributed by atoms with E-state index < -0.39 is 0 Å². The number of hydrogen-bond acceptors (Lipinski definition) is 7. The van der Waals surface area contributed by atoms with Crippen LogP contribution in [0, 0.1) is 0 Å². The first-order chi connectivity index (χ1) is 16.0. The smallest absolute Gasteiger partial charge is 0.278 e. The van der Waals surface area contributed by atoms with E-state index in [1.54, 1.807) is 39.5 Å². The van der Waals surface area contributed by atoms with Crippen molar-refractivity contribution in [3.8, 4) is 17.2 Å². The van der Waals surface area contributed by atoms with Crippen LogP contribution in [0.25, 0.3) is 5.57 Å². The second kappa shape index (κ2) is 9.54. The lowest BCUT2D eigenvalue weighted by atomic mass is 10.0. The lowest BCUT2D eigenvalue weighted by Crippen LogP contribution is -2.46. The molecular formula is C25H29N3O5. The number of carbonyl (C=O) groups is 2. The van der Waals surface area contributed by atoms with E-state index in [2.05, 4.69) is 11.9 Å². The molecule has 0 aromatic heterocycles. The van der Waals surface area contributed by atoms with E-state index in [4.69, 9.17) is 14.2 Å². The second-order valence-electron chi connectivity index (χ2n) is 8.13. The second-order valence-corrected chi connectivity index (χ2v) is 8.13. The molecule has 174 valence electrons. The summed E-state index contributed by atoms with van der Waals surface area (Å²) in [6, 6.07) is 12.7. The van der Waals surface area contributed by atoms with E-state index in [1.165, 1.54) is 4.90 Å². The fourth-order valence-corrected chi connectivity index (χ4v) is 4.20. The Morgan fingerprint density at radius 3 is 2.06 bits per heavy atom. The lowest BCUT2D eigenvalue weighted by Gasteiger charge is -2.34. The first kappa shape index (κ1) is 22.7. The molecule has 0 bridgehead atoms. The van der Waals surface area contributed by atoms with Gasteiger partial charge in [-0.1, -0.05) is 18.2 Å². The van der Waals surface area contributed by atoms with Gasteiger partial charge in [0.25, 0.3) is 11.8 Å². The fraction of sp³-hybridized carbons (Fsp3) is 0.360. The molecule has 2 heterocycles. The summed E-state index contributed by atoms with van der Waals surface area (Å²) in [6.07, 6.45) is 0. The number of piperazine rings is 1. The Labute approximate surface area is 193 Å². The Balaban J connectivity index is 1.73. The van der Waals surface area contributed by atoms with E-state index in [-0.39, 0.29) is 18.4 Å². The molecule has 2 amide bonds. The van der Waals surface area contributed by atoms with Crippen molar-refractivity contribution >= 4 is 17.4 Å². The lowest BCUT2D eigenvalue weighted by molar-refractivity contribution is -0.138. The molecule has 0 aliphatic carbocycles. The maximum atomic E-state index is 13.6. The van der Waals surface area contributed by atoms with Gasteiger partial charge in [0.05, 0.1) is 33.4 Å². The van der Waals surface area contributed by atoms with Crippen LogP contribution in [-0.2, 0) is 16.1 Å². The summed E-state index contributed by atoms with van der Waals surface area (Å²) in [5.41, 5.74) is 2.34. The summed E-state index contributed by atoms with van der Waals surface area (Å²) in [7, 11) is 6.77. The third-order valence-corrected chi connectivity index (χ3v) is 6.14. The average molecular weight is 452 g/mol. The number of methoxy groups -OCH3 is 3. The first-order valence-electron chi connectivity index (χ1n) is 10.9. The van der Waals surface area contributed by atoms with Crippen molar-refractivity contribution < 1.29 is 23.8 Å². The van der Waals surface area contributed by atoms with Crippen LogP contribution in [-0.4, -0.2) is 81.1 Å². The van der Waals surface area contributed by atoms with E-state index in [0.717, 1.165) is 24.4 Å². The van der Waals surface area contributed by atoms with Gasteiger partial charge in [0.1, 0.15) is 11.4 Å². The van der Waals surface area contributed by atoms with Gasteiger partial charge in [0.15, 0.2) is 11.5 Å². The number of amides is 2. The van der Waals surface area contributed by atoms with Gasteiger partial charge in [-0.05, 0) is 42.4 Å². The van der Waals surface area contributed by atoms with Crippen molar-refractivity contribution in [3.63, 3.8) is 0 Å². The number of imide groups is 1. The molecule has 2 aliphatic heterocycles. The monoisotopic (exact) mass is 451 g/mol. The highest BCUT2D eigenvalue weighted by Crippen LogP contribution is 2.37. The highest BCUT2D eigenvalue weighted by Gasteiger charge is 2.42. The van der Waals surface area contributed by atoms with E-state index in [0.29, 0.717) is 41.4 Å². The predicted octanol–water partition coefficient (Wildman–Crippen LogP) is 2.24. The summed E-state index contributed by atoms with van der Waals surface area (Å²) in [4.78, 5) is 32.8. The molecule has 8 heteroatoms. The predicted molar refractivity (Wildman–Crippen MR) is 124 cm³/mol.